The molecular weight excluding hydrogens is 266 g/mol. The number of ether oxygens (including phenoxy) is 1. The van der Waals surface area contributed by atoms with Gasteiger partial charge >= 0.3 is 0 Å². The Morgan fingerprint density at radius 2 is 1.81 bits per heavy atom. The number of amidine groups is 1. The molecule has 0 atom stereocenters. The number of nitrogens with one attached hydrogen (secondary N) is 1. The maximum Gasteiger partial charge on any atom is 0.275 e. The van der Waals surface area contributed by atoms with Gasteiger partial charge in [0.1, 0.15) is 5.75 Å². The average molecular weight is 283 g/mol. The van der Waals surface area contributed by atoms with Crippen molar-refractivity contribution in [2.24, 2.45) is 10.8 Å². The predicted octanol–water partition coefficient (Wildman–Crippen LogP) is 2.14. The molecule has 5 heteroatoms. The molecule has 3 N–H and O–H groups in total. The van der Waals surface area contributed by atoms with Gasteiger partial charge in [-0.05, 0) is 19.1 Å². The third-order valence-corrected chi connectivity index (χ3v) is 2.78. The molecule has 0 spiro atoms. The van der Waals surface area contributed by atoms with Gasteiger partial charge in [-0.25, -0.2) is 5.43 Å². The number of carbonyl (C=O) groups excluding carboxylic acids is 1. The van der Waals surface area contributed by atoms with Crippen LogP contribution in [0.3, 0.4) is 0 Å². The van der Waals surface area contributed by atoms with E-state index in [2.05, 4.69) is 10.5 Å². The summed E-state index contributed by atoms with van der Waals surface area (Å²) in [4.78, 5) is 12.1. The van der Waals surface area contributed by atoms with Crippen molar-refractivity contribution in [3.8, 4) is 5.75 Å². The molecule has 0 saturated heterocycles. The van der Waals surface area contributed by atoms with Gasteiger partial charge in [-0.3, -0.25) is 4.79 Å². The summed E-state index contributed by atoms with van der Waals surface area (Å²) in [6, 6.07) is 16.2. The van der Waals surface area contributed by atoms with Crippen LogP contribution in [0.1, 0.15) is 22.8 Å². The maximum atomic E-state index is 12.1. The standard InChI is InChI=1S/C16H17N3O2/c1-2-21-14-11-7-6-10-13(14)16(20)19-18-15(17)12-8-4-3-5-9-12/h3-11H,2H2,1H3,(H2,17,18)(H,19,20). The average Bonchev–Trinajstić information content (AvgIpc) is 2.54. The zero-order chi connectivity index (χ0) is 15.1. The van der Waals surface area contributed by atoms with Gasteiger partial charge in [-0.2, -0.15) is 5.10 Å². The molecule has 0 unspecified atom stereocenters. The molecule has 0 bridgehead atoms. The Morgan fingerprint density at radius 1 is 1.14 bits per heavy atom. The molecule has 0 aliphatic rings. The maximum absolute atomic E-state index is 12.1. The Hall–Kier alpha value is -2.82. The van der Waals surface area contributed by atoms with Crippen LogP contribution in [0.25, 0.3) is 0 Å². The zero-order valence-corrected chi connectivity index (χ0v) is 11.7. The van der Waals surface area contributed by atoms with Crippen LogP contribution >= 0.6 is 0 Å². The fraction of sp³-hybridized carbons (Fsp3) is 0.125. The number of hydrogen-bond acceptors (Lipinski definition) is 3. The van der Waals surface area contributed by atoms with Crippen molar-refractivity contribution < 1.29 is 9.53 Å². The lowest BCUT2D eigenvalue weighted by molar-refractivity contribution is 0.0951. The summed E-state index contributed by atoms with van der Waals surface area (Å²) in [7, 11) is 0. The van der Waals surface area contributed by atoms with Crippen LogP contribution in [0, 0.1) is 0 Å². The highest BCUT2D eigenvalue weighted by Crippen LogP contribution is 2.17. The van der Waals surface area contributed by atoms with Crippen LogP contribution in [0.2, 0.25) is 0 Å². The van der Waals surface area contributed by atoms with Crippen LogP contribution in [0.5, 0.6) is 5.75 Å². The number of hydrogen-bond donors (Lipinski definition) is 2. The molecule has 0 fully saturated rings. The molecule has 0 radical (unpaired) electrons. The minimum Gasteiger partial charge on any atom is -0.493 e. The summed E-state index contributed by atoms with van der Waals surface area (Å²) in [6.07, 6.45) is 0. The second kappa shape index (κ2) is 7.09. The lowest BCUT2D eigenvalue weighted by Crippen LogP contribution is -2.24. The highest BCUT2D eigenvalue weighted by atomic mass is 16.5. The molecular formula is C16H17N3O2. The van der Waals surface area contributed by atoms with E-state index >= 15 is 0 Å². The van der Waals surface area contributed by atoms with E-state index in [4.69, 9.17) is 10.5 Å². The van der Waals surface area contributed by atoms with Crippen molar-refractivity contribution in [1.82, 2.24) is 5.43 Å². The molecule has 108 valence electrons. The smallest absolute Gasteiger partial charge is 0.275 e. The first-order valence-corrected chi connectivity index (χ1v) is 6.63. The highest BCUT2D eigenvalue weighted by Gasteiger charge is 2.11. The van der Waals surface area contributed by atoms with Gasteiger partial charge in [0.15, 0.2) is 5.84 Å². The van der Waals surface area contributed by atoms with Crippen molar-refractivity contribution in [1.29, 1.82) is 0 Å². The quantitative estimate of drug-likeness (QED) is 0.501. The molecule has 2 aromatic rings. The molecule has 0 aliphatic carbocycles. The lowest BCUT2D eigenvalue weighted by Gasteiger charge is -2.08. The van der Waals surface area contributed by atoms with Crippen molar-refractivity contribution in [2.45, 2.75) is 6.92 Å². The van der Waals surface area contributed by atoms with Crippen molar-refractivity contribution in [3.63, 3.8) is 0 Å². The van der Waals surface area contributed by atoms with Crippen molar-refractivity contribution in [2.75, 3.05) is 6.61 Å². The van der Waals surface area contributed by atoms with Crippen LogP contribution in [0.15, 0.2) is 59.7 Å². The minimum atomic E-state index is -0.363. The number of amides is 1. The largest absolute Gasteiger partial charge is 0.493 e. The van der Waals surface area contributed by atoms with Crippen LogP contribution in [-0.2, 0) is 0 Å². The van der Waals surface area contributed by atoms with Gasteiger partial charge < -0.3 is 10.5 Å². The summed E-state index contributed by atoms with van der Waals surface area (Å²) in [5.74, 6) is 0.404. The van der Waals surface area contributed by atoms with Gasteiger partial charge in [0.25, 0.3) is 5.91 Å². The van der Waals surface area contributed by atoms with Gasteiger partial charge in [0, 0.05) is 5.56 Å². The second-order valence-corrected chi connectivity index (χ2v) is 4.23. The first-order chi connectivity index (χ1) is 10.2. The third-order valence-electron chi connectivity index (χ3n) is 2.78. The summed E-state index contributed by atoms with van der Waals surface area (Å²) in [6.45, 7) is 2.35. The fourth-order valence-electron chi connectivity index (χ4n) is 1.78. The number of nitrogens with two attached hydrogens (primary N) is 1. The second-order valence-electron chi connectivity index (χ2n) is 4.23. The fourth-order valence-corrected chi connectivity index (χ4v) is 1.78. The molecule has 5 nitrogen and oxygen atoms in total. The predicted molar refractivity (Wildman–Crippen MR) is 82.2 cm³/mol. The van der Waals surface area contributed by atoms with E-state index in [0.29, 0.717) is 17.9 Å². The number of para-hydroxylation sites is 1. The molecule has 0 saturated carbocycles. The molecule has 2 rings (SSSR count). The van der Waals surface area contributed by atoms with Crippen LogP contribution in [-0.4, -0.2) is 18.3 Å². The number of nitrogens with zero attached hydrogens (tertiary/aromatic N) is 1. The monoisotopic (exact) mass is 283 g/mol. The Morgan fingerprint density at radius 3 is 2.52 bits per heavy atom. The van der Waals surface area contributed by atoms with E-state index in [9.17, 15) is 4.79 Å². The van der Waals surface area contributed by atoms with E-state index in [0.717, 1.165) is 5.56 Å². The van der Waals surface area contributed by atoms with Gasteiger partial charge in [-0.15, -0.1) is 0 Å². The van der Waals surface area contributed by atoms with Gasteiger partial charge in [0.05, 0.1) is 12.2 Å². The lowest BCUT2D eigenvalue weighted by atomic mass is 10.2. The van der Waals surface area contributed by atoms with E-state index in [1.165, 1.54) is 0 Å². The number of carbonyl (C=O) groups is 1. The topological polar surface area (TPSA) is 76.7 Å². The van der Waals surface area contributed by atoms with Gasteiger partial charge in [-0.1, -0.05) is 42.5 Å². The minimum absolute atomic E-state index is 0.248. The first kappa shape index (κ1) is 14.6. The van der Waals surface area contributed by atoms with Gasteiger partial charge in [0.2, 0.25) is 0 Å². The molecule has 0 aromatic heterocycles. The van der Waals surface area contributed by atoms with Crippen molar-refractivity contribution >= 4 is 11.7 Å². The Bertz CT molecular complexity index is 639. The van der Waals surface area contributed by atoms with Crippen LogP contribution < -0.4 is 15.9 Å². The molecule has 2 aromatic carbocycles. The highest BCUT2D eigenvalue weighted by molar-refractivity contribution is 6.00. The Balaban J connectivity index is 2.12. The number of hydrazone groups is 1. The molecule has 0 aliphatic heterocycles. The molecule has 0 heterocycles. The number of rotatable bonds is 5. The van der Waals surface area contributed by atoms with E-state index < -0.39 is 0 Å². The Kier molecular flexibility index (Phi) is 4.93. The van der Waals surface area contributed by atoms with E-state index in [1.54, 1.807) is 18.2 Å². The third kappa shape index (κ3) is 3.82. The van der Waals surface area contributed by atoms with Crippen LogP contribution in [0.4, 0.5) is 0 Å². The summed E-state index contributed by atoms with van der Waals surface area (Å²) in [5, 5.41) is 3.91. The molecule has 1 amide bonds. The summed E-state index contributed by atoms with van der Waals surface area (Å²) >= 11 is 0. The summed E-state index contributed by atoms with van der Waals surface area (Å²) in [5.41, 5.74) is 9.43. The first-order valence-electron chi connectivity index (χ1n) is 6.63. The normalized spacial score (nSPS) is 11.0. The van der Waals surface area contributed by atoms with E-state index in [1.807, 2.05) is 43.3 Å². The number of benzene rings is 2. The van der Waals surface area contributed by atoms with E-state index in [-0.39, 0.29) is 11.7 Å². The SMILES string of the molecule is CCOc1ccccc1C(=O)N/N=C(\N)c1ccccc1. The molecule has 21 heavy (non-hydrogen) atoms. The van der Waals surface area contributed by atoms with Crippen molar-refractivity contribution in [3.05, 3.63) is 65.7 Å². The zero-order valence-electron chi connectivity index (χ0n) is 11.7. The summed E-state index contributed by atoms with van der Waals surface area (Å²) < 4.78 is 5.41. The Labute approximate surface area is 123 Å².